The molecule has 28 nitrogen and oxygen atoms in total. The second kappa shape index (κ2) is 44.8. The van der Waals surface area contributed by atoms with E-state index in [9.17, 15) is 48.3 Å². The fourth-order valence-electron chi connectivity index (χ4n) is 11.7. The Bertz CT molecular complexity index is 2710. The molecular formula is C69H115N11O17. The number of nitrogens with zero attached hydrogens (tertiary/aromatic N) is 3. The van der Waals surface area contributed by atoms with Crippen molar-refractivity contribution in [2.45, 2.75) is 181 Å². The maximum atomic E-state index is 14.8. The summed E-state index contributed by atoms with van der Waals surface area (Å²) >= 11 is 0. The van der Waals surface area contributed by atoms with Crippen molar-refractivity contribution in [3.05, 3.63) is 65.7 Å². The van der Waals surface area contributed by atoms with E-state index in [0.717, 1.165) is 0 Å². The number of urea groups is 1. The molecule has 97 heavy (non-hydrogen) atoms. The van der Waals surface area contributed by atoms with Crippen LogP contribution in [0.1, 0.15) is 131 Å². The number of carbonyl (C=O) groups is 9. The van der Waals surface area contributed by atoms with Crippen molar-refractivity contribution in [3.8, 4) is 0 Å². The van der Waals surface area contributed by atoms with Crippen molar-refractivity contribution >= 4 is 59.2 Å². The topological polar surface area (TPSA) is 372 Å². The maximum absolute atomic E-state index is 14.8. The third kappa shape index (κ3) is 28.4. The molecule has 28 heteroatoms. The highest BCUT2D eigenvalue weighted by Crippen LogP contribution is 2.30. The van der Waals surface area contributed by atoms with Crippen LogP contribution in [-0.4, -0.2) is 229 Å². The second-order valence-corrected chi connectivity index (χ2v) is 25.8. The van der Waals surface area contributed by atoms with Gasteiger partial charge in [-0.3, -0.25) is 38.5 Å². The molecule has 1 unspecified atom stereocenters. The quantitative estimate of drug-likeness (QED) is 0.0423. The van der Waals surface area contributed by atoms with Gasteiger partial charge in [-0.25, -0.2) is 9.59 Å². The summed E-state index contributed by atoms with van der Waals surface area (Å²) in [5.74, 6) is -5.28. The smallest absolute Gasteiger partial charge is 0.410 e. The molecular weight excluding hydrogens is 1250 g/mol. The van der Waals surface area contributed by atoms with Gasteiger partial charge in [-0.15, -0.1) is 0 Å². The fourth-order valence-corrected chi connectivity index (χ4v) is 11.7. The van der Waals surface area contributed by atoms with Crippen molar-refractivity contribution < 1.29 is 81.4 Å². The number of likely N-dealkylation sites (N-methyl/N-ethyl adjacent to an activating group) is 2. The average Bonchev–Trinajstić information content (AvgIpc) is 1.23. The lowest BCUT2D eigenvalue weighted by atomic mass is 9.89. The lowest BCUT2D eigenvalue weighted by Crippen LogP contribution is -2.60. The zero-order valence-corrected chi connectivity index (χ0v) is 59.8. The van der Waals surface area contributed by atoms with Crippen LogP contribution >= 0.6 is 0 Å². The van der Waals surface area contributed by atoms with Gasteiger partial charge in [0.05, 0.1) is 102 Å². The van der Waals surface area contributed by atoms with Crippen LogP contribution in [0.5, 0.6) is 0 Å². The molecule has 1 fully saturated rings. The number of hydrogen-bond acceptors (Lipinski definition) is 18. The molecule has 548 valence electrons. The monoisotopic (exact) mass is 1370 g/mol. The van der Waals surface area contributed by atoms with E-state index in [1.165, 1.54) is 26.2 Å². The number of benzene rings is 2. The number of anilines is 1. The Kier molecular flexibility index (Phi) is 38.9. The standard InChI is InChI=1S/C69H115N11O17/c1-15-46(8)60(54(91-13)41-56(82)80-32-20-24-53(80)62(92-14)47(9)63(84)73-48(10)61(83)50-21-17-16-18-22-50)78(11)67(88)58(44(4)5)77-66(87)59(45(6)7)79(12)69(90)97-42-49-25-27-51(28-26-49)74-64(85)52(23-19-31-72-68(71)89)75-65(86)57(43(2)3)76-55(81)29-33-93-35-37-95-39-40-96-38-36-94-34-30-70/h16-18,21-22,25-28,43-48,52-54,57-62,83H,15,19-20,23-24,29-42,70H2,1-14H3,(H,73,84)(H,74,85)(H,75,86)(H,76,81)(H,77,87)(H3,71,72,89)/t46-,47+,48+,52-,53-,54?,57-,58-,59-,60-,61+,62+/m0/s1. The SMILES string of the molecule is CC[C@H](C)[C@@H](C(CC(=O)N1CCC[C@H]1[C@H](OC)[C@@H](C)C(=O)N[C@H](C)[C@@H](O)c1ccccc1)OC)N(C)C(=O)[C@@H](NC(=O)[C@H](C(C)C)N(C)C(=O)OCc1ccc(NC(=O)[C@H](CCCNC(N)=O)NC(=O)[C@@H](NC(=O)CCOCCOCCOCCOCCN)C(C)C)cc1)C(C)C. The molecule has 0 saturated carbocycles. The highest BCUT2D eigenvalue weighted by atomic mass is 16.6. The molecule has 0 spiro atoms. The lowest BCUT2D eigenvalue weighted by Gasteiger charge is -2.41. The van der Waals surface area contributed by atoms with Crippen LogP contribution in [0.4, 0.5) is 15.3 Å². The Hall–Kier alpha value is -7.05. The van der Waals surface area contributed by atoms with E-state index in [4.69, 9.17) is 44.6 Å². The van der Waals surface area contributed by atoms with Gasteiger partial charge in [-0.05, 0) is 79.5 Å². The van der Waals surface area contributed by atoms with Crippen molar-refractivity contribution in [2.24, 2.45) is 41.1 Å². The van der Waals surface area contributed by atoms with E-state index >= 15 is 0 Å². The first-order chi connectivity index (χ1) is 46.1. The minimum Gasteiger partial charge on any atom is -0.445 e. The first kappa shape index (κ1) is 84.2. The number of ether oxygens (including phenoxy) is 7. The fraction of sp³-hybridized carbons (Fsp3) is 0.696. The number of aliphatic hydroxyl groups excluding tert-OH is 1. The summed E-state index contributed by atoms with van der Waals surface area (Å²) in [6.45, 7) is 21.6. The van der Waals surface area contributed by atoms with E-state index in [1.807, 2.05) is 32.0 Å². The van der Waals surface area contributed by atoms with Crippen LogP contribution in [0.15, 0.2) is 54.6 Å². The van der Waals surface area contributed by atoms with Crippen molar-refractivity contribution in [2.75, 3.05) is 106 Å². The normalized spacial score (nSPS) is 16.5. The number of carbonyl (C=O) groups excluding carboxylic acids is 9. The zero-order chi connectivity index (χ0) is 72.3. The van der Waals surface area contributed by atoms with Crippen LogP contribution in [0.2, 0.25) is 0 Å². The minimum absolute atomic E-state index is 0.0334. The van der Waals surface area contributed by atoms with Gasteiger partial charge in [0.1, 0.15) is 30.8 Å². The van der Waals surface area contributed by atoms with E-state index in [2.05, 4.69) is 31.9 Å². The summed E-state index contributed by atoms with van der Waals surface area (Å²) in [7, 11) is 6.09. The van der Waals surface area contributed by atoms with Gasteiger partial charge in [0.15, 0.2) is 0 Å². The summed E-state index contributed by atoms with van der Waals surface area (Å²) in [6.07, 6.45) is -1.08. The Morgan fingerprint density at radius 2 is 1.28 bits per heavy atom. The molecule has 0 aliphatic carbocycles. The van der Waals surface area contributed by atoms with Gasteiger partial charge in [-0.1, -0.05) is 111 Å². The van der Waals surface area contributed by atoms with E-state index in [-0.39, 0.29) is 75.7 Å². The number of likely N-dealkylation sites (tertiary alicyclic amines) is 1. The Labute approximate surface area is 574 Å². The Balaban J connectivity index is 1.64. The average molecular weight is 1370 g/mol. The lowest BCUT2D eigenvalue weighted by molar-refractivity contribution is -0.148. The number of rotatable bonds is 46. The highest BCUT2D eigenvalue weighted by Gasteiger charge is 2.44. The predicted octanol–water partition coefficient (Wildman–Crippen LogP) is 4.01. The molecule has 2 aromatic carbocycles. The summed E-state index contributed by atoms with van der Waals surface area (Å²) < 4.78 is 39.4. The third-order valence-electron chi connectivity index (χ3n) is 17.4. The molecule has 0 aromatic heterocycles. The number of amides is 10. The third-order valence-corrected chi connectivity index (χ3v) is 17.4. The predicted molar refractivity (Wildman–Crippen MR) is 366 cm³/mol. The molecule has 0 bridgehead atoms. The van der Waals surface area contributed by atoms with Crippen LogP contribution in [-0.2, 0) is 73.3 Å². The summed E-state index contributed by atoms with van der Waals surface area (Å²) in [5, 5.41) is 27.6. The molecule has 1 heterocycles. The largest absolute Gasteiger partial charge is 0.445 e. The van der Waals surface area contributed by atoms with Gasteiger partial charge in [0.2, 0.25) is 41.4 Å². The number of hydrogen-bond donors (Lipinski definition) is 9. The summed E-state index contributed by atoms with van der Waals surface area (Å²) in [6, 6.07) is 8.80. The van der Waals surface area contributed by atoms with Gasteiger partial charge in [-0.2, -0.15) is 0 Å². The summed E-state index contributed by atoms with van der Waals surface area (Å²) in [5.41, 5.74) is 12.2. The van der Waals surface area contributed by atoms with Gasteiger partial charge < -0.3 is 91.4 Å². The second-order valence-electron chi connectivity index (χ2n) is 25.8. The first-order valence-electron chi connectivity index (χ1n) is 34.0. The molecule has 3 rings (SSSR count). The maximum Gasteiger partial charge on any atom is 0.410 e. The zero-order valence-electron chi connectivity index (χ0n) is 59.8. The van der Waals surface area contributed by atoms with Gasteiger partial charge >= 0.3 is 12.1 Å². The van der Waals surface area contributed by atoms with Gasteiger partial charge in [0.25, 0.3) is 0 Å². The molecule has 2 aromatic rings. The molecule has 10 amide bonds. The van der Waals surface area contributed by atoms with Crippen LogP contribution in [0, 0.1) is 29.6 Å². The van der Waals surface area contributed by atoms with Crippen molar-refractivity contribution in [1.29, 1.82) is 0 Å². The summed E-state index contributed by atoms with van der Waals surface area (Å²) in [4.78, 5) is 128. The highest BCUT2D eigenvalue weighted by molar-refractivity contribution is 5.98. The molecule has 0 radical (unpaired) electrons. The molecule has 1 aliphatic heterocycles. The molecule has 1 saturated heterocycles. The van der Waals surface area contributed by atoms with Crippen LogP contribution < -0.4 is 43.4 Å². The van der Waals surface area contributed by atoms with Gasteiger partial charge in [0, 0.05) is 60.1 Å². The Morgan fingerprint density at radius 1 is 0.680 bits per heavy atom. The van der Waals surface area contributed by atoms with E-state index in [1.54, 1.807) is 109 Å². The van der Waals surface area contributed by atoms with Crippen molar-refractivity contribution in [1.82, 2.24) is 41.3 Å². The van der Waals surface area contributed by atoms with Crippen molar-refractivity contribution in [3.63, 3.8) is 0 Å². The first-order valence-corrected chi connectivity index (χ1v) is 34.0. The number of methoxy groups -OCH3 is 2. The number of nitrogens with two attached hydrogens (primary N) is 2. The molecule has 1 aliphatic rings. The number of primary amides is 1. The molecule has 12 atom stereocenters. The molecule has 11 N–H and O–H groups in total. The van der Waals surface area contributed by atoms with Crippen LogP contribution in [0.25, 0.3) is 0 Å². The number of nitrogens with one attached hydrogen (secondary N) is 6. The van der Waals surface area contributed by atoms with E-state index < -0.39 is 120 Å². The minimum atomic E-state index is -1.11. The number of aliphatic hydroxyl groups is 1. The Morgan fingerprint density at radius 3 is 1.82 bits per heavy atom. The van der Waals surface area contributed by atoms with Crippen LogP contribution in [0.3, 0.4) is 0 Å². The van der Waals surface area contributed by atoms with E-state index in [0.29, 0.717) is 88.8 Å².